The van der Waals surface area contributed by atoms with Crippen LogP contribution in [0, 0.1) is 0 Å². The number of ketones is 1. The monoisotopic (exact) mass is 407 g/mol. The van der Waals surface area contributed by atoms with Crippen molar-refractivity contribution in [3.63, 3.8) is 0 Å². The molecule has 0 aromatic rings. The fraction of sp³-hybridized carbons (Fsp3) is 0.833. The van der Waals surface area contributed by atoms with E-state index in [9.17, 15) is 14.4 Å². The van der Waals surface area contributed by atoms with Gasteiger partial charge in [0.05, 0.1) is 6.10 Å². The van der Waals surface area contributed by atoms with Gasteiger partial charge in [-0.15, -0.1) is 0 Å². The van der Waals surface area contributed by atoms with Crippen molar-refractivity contribution < 1.29 is 59.9 Å². The first kappa shape index (κ1) is 29.4. The van der Waals surface area contributed by atoms with Crippen LogP contribution >= 0.6 is 0 Å². The van der Waals surface area contributed by atoms with E-state index in [-0.39, 0.29) is 63.4 Å². The minimum absolute atomic E-state index is 0. The third kappa shape index (κ3) is 13.4. The number of aliphatic hydroxyl groups excluding tert-OH is 1. The molecule has 0 aliphatic heterocycles. The molecular formula is C18H33BN2NaO6. The number of rotatable bonds is 2. The van der Waals surface area contributed by atoms with Crippen LogP contribution < -0.4 is 40.2 Å². The predicted octanol–water partition coefficient (Wildman–Crippen LogP) is -0.987. The Labute approximate surface area is 193 Å². The molecule has 0 heterocycles. The average molecular weight is 407 g/mol. The van der Waals surface area contributed by atoms with Crippen LogP contribution in [-0.2, 0) is 14.3 Å². The van der Waals surface area contributed by atoms with Crippen LogP contribution in [0.25, 0.3) is 0 Å². The summed E-state index contributed by atoms with van der Waals surface area (Å²) in [4.78, 5) is 32.9. The SMILES string of the molecule is CC(C)(C)OC(=O)NC1CC(=O)C1.CC(C)(C)OC(=O)NC1CC(O)C1.[B].[H-].[Na+]. The smallest absolute Gasteiger partial charge is 1.00 e. The van der Waals surface area contributed by atoms with Crippen molar-refractivity contribution in [1.29, 1.82) is 0 Å². The van der Waals surface area contributed by atoms with Crippen molar-refractivity contribution in [3.05, 3.63) is 0 Å². The second-order valence-electron chi connectivity index (χ2n) is 8.76. The number of carbonyl (C=O) groups is 3. The van der Waals surface area contributed by atoms with Crippen molar-refractivity contribution in [1.82, 2.24) is 10.6 Å². The molecule has 3 radical (unpaired) electrons. The second kappa shape index (κ2) is 12.0. The quantitative estimate of drug-likeness (QED) is 0.507. The molecule has 3 N–H and O–H groups in total. The van der Waals surface area contributed by atoms with Crippen molar-refractivity contribution >= 4 is 26.4 Å². The number of hydrogen-bond donors (Lipinski definition) is 3. The van der Waals surface area contributed by atoms with E-state index in [0.717, 1.165) is 0 Å². The maximum atomic E-state index is 11.2. The van der Waals surface area contributed by atoms with Gasteiger partial charge >= 0.3 is 41.7 Å². The third-order valence-corrected chi connectivity index (χ3v) is 3.50. The summed E-state index contributed by atoms with van der Waals surface area (Å²) in [6, 6.07) is 0.0761. The first-order chi connectivity index (χ1) is 11.7. The van der Waals surface area contributed by atoms with Gasteiger partial charge in [-0.1, -0.05) is 0 Å². The Bertz CT molecular complexity index is 525. The molecule has 28 heavy (non-hydrogen) atoms. The van der Waals surface area contributed by atoms with Gasteiger partial charge in [0, 0.05) is 33.3 Å². The largest absolute Gasteiger partial charge is 1.00 e. The Morgan fingerprint density at radius 2 is 1.29 bits per heavy atom. The van der Waals surface area contributed by atoms with E-state index in [4.69, 9.17) is 14.6 Å². The molecule has 0 atom stereocenters. The number of ether oxygens (including phenoxy) is 2. The Kier molecular flexibility index (Phi) is 12.7. The molecule has 2 saturated carbocycles. The van der Waals surface area contributed by atoms with Gasteiger partial charge in [-0.2, -0.15) is 0 Å². The van der Waals surface area contributed by atoms with E-state index in [1.165, 1.54) is 0 Å². The zero-order valence-electron chi connectivity index (χ0n) is 19.1. The normalized spacial score (nSPS) is 21.2. The number of nitrogens with one attached hydrogen (secondary N) is 2. The Morgan fingerprint density at radius 3 is 1.57 bits per heavy atom. The summed E-state index contributed by atoms with van der Waals surface area (Å²) in [5, 5.41) is 14.3. The van der Waals surface area contributed by atoms with Gasteiger partial charge in [-0.3, -0.25) is 4.79 Å². The molecule has 0 bridgehead atoms. The van der Waals surface area contributed by atoms with E-state index in [1.807, 2.05) is 20.8 Å². The fourth-order valence-corrected chi connectivity index (χ4v) is 2.25. The molecule has 0 aromatic heterocycles. The van der Waals surface area contributed by atoms with E-state index in [1.54, 1.807) is 20.8 Å². The molecule has 2 fully saturated rings. The summed E-state index contributed by atoms with van der Waals surface area (Å²) in [6.45, 7) is 10.9. The number of alkyl carbamates (subject to hydrolysis) is 2. The van der Waals surface area contributed by atoms with Crippen LogP contribution in [0.2, 0.25) is 0 Å². The summed E-state index contributed by atoms with van der Waals surface area (Å²) in [7, 11) is 0. The van der Waals surface area contributed by atoms with E-state index >= 15 is 0 Å². The number of carbonyl (C=O) groups excluding carboxylic acids is 3. The van der Waals surface area contributed by atoms with Gasteiger partial charge in [0.1, 0.15) is 17.0 Å². The first-order valence-corrected chi connectivity index (χ1v) is 8.92. The van der Waals surface area contributed by atoms with Crippen LogP contribution in [-0.4, -0.2) is 60.9 Å². The average Bonchev–Trinajstić information content (AvgIpc) is 2.31. The molecule has 0 spiro atoms. The van der Waals surface area contributed by atoms with E-state index in [0.29, 0.717) is 25.7 Å². The Hall–Kier alpha value is -0.765. The van der Waals surface area contributed by atoms with Crippen LogP contribution in [0.3, 0.4) is 0 Å². The third-order valence-electron chi connectivity index (χ3n) is 3.50. The number of amides is 2. The minimum Gasteiger partial charge on any atom is -1.00 e. The molecule has 2 aliphatic rings. The summed E-state index contributed by atoms with van der Waals surface area (Å²) in [6.07, 6.45) is 1.08. The van der Waals surface area contributed by atoms with Gasteiger partial charge in [0.25, 0.3) is 0 Å². The molecule has 2 rings (SSSR count). The second-order valence-corrected chi connectivity index (χ2v) is 8.76. The van der Waals surface area contributed by atoms with Crippen LogP contribution in [0.1, 0.15) is 68.7 Å². The Balaban J connectivity index is -0.000000422. The molecular weight excluding hydrogens is 374 g/mol. The van der Waals surface area contributed by atoms with Crippen LogP contribution in [0.4, 0.5) is 9.59 Å². The molecule has 10 heteroatoms. The maximum Gasteiger partial charge on any atom is 1.00 e. The molecule has 0 aromatic carbocycles. The van der Waals surface area contributed by atoms with Gasteiger partial charge < -0.3 is 26.6 Å². The molecule has 2 amide bonds. The molecule has 0 unspecified atom stereocenters. The van der Waals surface area contributed by atoms with Crippen LogP contribution in [0.5, 0.6) is 0 Å². The van der Waals surface area contributed by atoms with Gasteiger partial charge in [-0.25, -0.2) is 9.59 Å². The maximum absolute atomic E-state index is 11.2. The zero-order chi connectivity index (χ0) is 20.1. The standard InChI is InChI=1S/C9H17NO3.C9H15NO3.B.Na.H/c2*1-9(2,3)13-8(12)10-6-4-7(11)5-6;;;/h6-7,11H,4-5H2,1-3H3,(H,10,12);6H,4-5H2,1-3H3,(H,10,12);;;/q;;;+1;-1. The summed E-state index contributed by atoms with van der Waals surface area (Å²) >= 11 is 0. The van der Waals surface area contributed by atoms with Gasteiger partial charge in [-0.05, 0) is 54.4 Å². The molecule has 155 valence electrons. The fourth-order valence-electron chi connectivity index (χ4n) is 2.25. The zero-order valence-corrected chi connectivity index (χ0v) is 20.1. The minimum atomic E-state index is -0.474. The van der Waals surface area contributed by atoms with Crippen molar-refractivity contribution in [3.8, 4) is 0 Å². The summed E-state index contributed by atoms with van der Waals surface area (Å²) in [5.74, 6) is 0.195. The van der Waals surface area contributed by atoms with E-state index in [2.05, 4.69) is 10.6 Å². The van der Waals surface area contributed by atoms with Crippen LogP contribution in [0.15, 0.2) is 0 Å². The van der Waals surface area contributed by atoms with Gasteiger partial charge in [0.15, 0.2) is 0 Å². The molecule has 8 nitrogen and oxygen atoms in total. The summed E-state index contributed by atoms with van der Waals surface area (Å²) in [5.41, 5.74) is -0.926. The van der Waals surface area contributed by atoms with Crippen molar-refractivity contribution in [2.75, 3.05) is 0 Å². The van der Waals surface area contributed by atoms with Crippen molar-refractivity contribution in [2.24, 2.45) is 0 Å². The number of hydrogen-bond acceptors (Lipinski definition) is 6. The van der Waals surface area contributed by atoms with Crippen molar-refractivity contribution in [2.45, 2.75) is 96.6 Å². The number of Topliss-reactive ketones (excluding diaryl/α,β-unsaturated/α-hetero) is 1. The molecule has 0 saturated heterocycles. The summed E-state index contributed by atoms with van der Waals surface area (Å²) < 4.78 is 10.1. The predicted molar refractivity (Wildman–Crippen MR) is 103 cm³/mol. The number of aliphatic hydroxyl groups is 1. The van der Waals surface area contributed by atoms with E-state index < -0.39 is 23.4 Å². The Morgan fingerprint density at radius 1 is 0.929 bits per heavy atom. The van der Waals surface area contributed by atoms with Gasteiger partial charge in [0.2, 0.25) is 0 Å². The first-order valence-electron chi connectivity index (χ1n) is 8.92. The molecule has 2 aliphatic carbocycles. The topological polar surface area (TPSA) is 114 Å².